The predicted octanol–water partition coefficient (Wildman–Crippen LogP) is 2.31. The summed E-state index contributed by atoms with van der Waals surface area (Å²) in [6.07, 6.45) is 1.66. The van der Waals surface area contributed by atoms with Gasteiger partial charge in [0.2, 0.25) is 5.91 Å². The third kappa shape index (κ3) is 3.10. The van der Waals surface area contributed by atoms with Crippen molar-refractivity contribution in [3.63, 3.8) is 0 Å². The van der Waals surface area contributed by atoms with E-state index in [9.17, 15) is 4.79 Å². The van der Waals surface area contributed by atoms with Gasteiger partial charge in [0.05, 0.1) is 6.20 Å². The topological polar surface area (TPSA) is 77.6 Å². The molecule has 0 saturated carbocycles. The zero-order valence-electron chi connectivity index (χ0n) is 11.3. The van der Waals surface area contributed by atoms with Crippen LogP contribution in [0.25, 0.3) is 0 Å². The minimum Gasteiger partial charge on any atom is -0.308 e. The van der Waals surface area contributed by atoms with E-state index in [-0.39, 0.29) is 28.8 Å². The number of imidazole rings is 1. The Morgan fingerprint density at radius 2 is 2.15 bits per heavy atom. The second kappa shape index (κ2) is 5.80. The molecule has 0 bridgehead atoms. The third-order valence-corrected chi connectivity index (χ3v) is 3.41. The van der Waals surface area contributed by atoms with E-state index in [0.717, 1.165) is 0 Å². The van der Waals surface area contributed by atoms with E-state index in [1.165, 1.54) is 4.57 Å². The van der Waals surface area contributed by atoms with Gasteiger partial charge in [-0.3, -0.25) is 4.79 Å². The number of carbonyl (C=O) groups is 1. The molecule has 0 aromatic carbocycles. The molecule has 1 amide bonds. The summed E-state index contributed by atoms with van der Waals surface area (Å²) in [6, 6.07) is 0.178. The number of hydrogen-bond donors (Lipinski definition) is 1. The van der Waals surface area contributed by atoms with Crippen molar-refractivity contribution >= 4 is 34.9 Å². The van der Waals surface area contributed by atoms with Crippen molar-refractivity contribution < 1.29 is 4.79 Å². The second-order valence-electron chi connectivity index (χ2n) is 4.55. The monoisotopic (exact) mass is 316 g/mol. The molecule has 0 fully saturated rings. The molecule has 2 heterocycles. The number of aryl methyl sites for hydroxylation is 1. The van der Waals surface area contributed by atoms with E-state index in [2.05, 4.69) is 20.6 Å². The van der Waals surface area contributed by atoms with Gasteiger partial charge in [-0.15, -0.1) is 5.10 Å². The number of hydrogen-bond acceptors (Lipinski definition) is 4. The highest BCUT2D eigenvalue weighted by Gasteiger charge is 2.15. The first-order valence-corrected chi connectivity index (χ1v) is 6.74. The Bertz CT molecular complexity index is 633. The van der Waals surface area contributed by atoms with Crippen LogP contribution in [0.4, 0.5) is 5.82 Å². The zero-order valence-corrected chi connectivity index (χ0v) is 12.8. The van der Waals surface area contributed by atoms with Crippen molar-refractivity contribution in [1.29, 1.82) is 0 Å². The summed E-state index contributed by atoms with van der Waals surface area (Å²) in [5.74, 6) is 0.685. The molecule has 0 aliphatic carbocycles. The summed E-state index contributed by atoms with van der Waals surface area (Å²) in [4.78, 5) is 15.9. The Labute approximate surface area is 125 Å². The highest BCUT2D eigenvalue weighted by Crippen LogP contribution is 2.22. The van der Waals surface area contributed by atoms with Crippen LogP contribution in [0.15, 0.2) is 6.20 Å². The fourth-order valence-corrected chi connectivity index (χ4v) is 2.05. The summed E-state index contributed by atoms with van der Waals surface area (Å²) in [5.41, 5.74) is 0. The van der Waals surface area contributed by atoms with Crippen molar-refractivity contribution in [2.75, 3.05) is 5.32 Å². The molecule has 0 saturated heterocycles. The highest BCUT2D eigenvalue weighted by molar-refractivity contribution is 6.40. The number of carbonyl (C=O) groups excluding carboxylic acids is 1. The fraction of sp³-hybridized carbons (Fsp3) is 0.455. The van der Waals surface area contributed by atoms with E-state index in [0.29, 0.717) is 11.6 Å². The maximum atomic E-state index is 11.9. The smallest absolute Gasteiger partial charge is 0.245 e. The zero-order chi connectivity index (χ0) is 14.9. The molecule has 108 valence electrons. The maximum absolute atomic E-state index is 11.9. The van der Waals surface area contributed by atoms with Crippen LogP contribution in [-0.2, 0) is 11.3 Å². The maximum Gasteiger partial charge on any atom is 0.245 e. The molecule has 2 aromatic heterocycles. The van der Waals surface area contributed by atoms with Gasteiger partial charge in [0.25, 0.3) is 0 Å². The molecule has 0 aliphatic heterocycles. The van der Waals surface area contributed by atoms with Crippen LogP contribution < -0.4 is 5.32 Å². The summed E-state index contributed by atoms with van der Waals surface area (Å²) in [7, 11) is 0. The molecule has 0 spiro atoms. The molecule has 1 N–H and O–H groups in total. The van der Waals surface area contributed by atoms with Gasteiger partial charge in [0.1, 0.15) is 17.5 Å². The number of amides is 1. The van der Waals surface area contributed by atoms with Gasteiger partial charge in [-0.1, -0.05) is 28.4 Å². The predicted molar refractivity (Wildman–Crippen MR) is 76.0 cm³/mol. The van der Waals surface area contributed by atoms with Crippen molar-refractivity contribution in [2.45, 2.75) is 33.4 Å². The van der Waals surface area contributed by atoms with Gasteiger partial charge in [0, 0.05) is 6.04 Å². The van der Waals surface area contributed by atoms with Crippen LogP contribution in [0.2, 0.25) is 10.3 Å². The van der Waals surface area contributed by atoms with Gasteiger partial charge < -0.3 is 9.88 Å². The first-order chi connectivity index (χ1) is 9.38. The molecule has 2 aromatic rings. The third-order valence-electron chi connectivity index (χ3n) is 2.67. The van der Waals surface area contributed by atoms with E-state index in [4.69, 9.17) is 23.2 Å². The largest absolute Gasteiger partial charge is 0.308 e. The summed E-state index contributed by atoms with van der Waals surface area (Å²) >= 11 is 11.8. The Balaban J connectivity index is 2.05. The van der Waals surface area contributed by atoms with Crippen molar-refractivity contribution in [3.05, 3.63) is 22.3 Å². The lowest BCUT2D eigenvalue weighted by atomic mass is 10.4. The average molecular weight is 317 g/mol. The average Bonchev–Trinajstić information content (AvgIpc) is 2.91. The number of halogens is 2. The standard InChI is InChI=1S/C11H14Cl2N6O/c1-6(2)19-4-8(16-17-19)15-9(20)5-18-7(3)14-10(12)11(18)13/h4,6H,5H2,1-3H3,(H,15,20). The van der Waals surface area contributed by atoms with Crippen LogP contribution in [0, 0.1) is 6.92 Å². The van der Waals surface area contributed by atoms with Gasteiger partial charge >= 0.3 is 0 Å². The molecule has 2 rings (SSSR count). The normalized spacial score (nSPS) is 11.1. The number of nitrogens with one attached hydrogen (secondary N) is 1. The number of rotatable bonds is 4. The quantitative estimate of drug-likeness (QED) is 0.938. The number of aromatic nitrogens is 5. The Hall–Kier alpha value is -1.60. The molecule has 0 aliphatic rings. The first kappa shape index (κ1) is 14.8. The molecular weight excluding hydrogens is 303 g/mol. The number of anilines is 1. The fourth-order valence-electron chi connectivity index (χ4n) is 1.60. The van der Waals surface area contributed by atoms with Gasteiger partial charge in [-0.05, 0) is 20.8 Å². The van der Waals surface area contributed by atoms with Crippen molar-refractivity contribution in [3.8, 4) is 0 Å². The minimum atomic E-state index is -0.278. The molecule has 9 heteroatoms. The highest BCUT2D eigenvalue weighted by atomic mass is 35.5. The Morgan fingerprint density at radius 1 is 1.45 bits per heavy atom. The summed E-state index contributed by atoms with van der Waals surface area (Å²) in [6.45, 7) is 5.67. The van der Waals surface area contributed by atoms with Crippen molar-refractivity contribution in [2.24, 2.45) is 0 Å². The molecule has 7 nitrogen and oxygen atoms in total. The van der Waals surface area contributed by atoms with Crippen molar-refractivity contribution in [1.82, 2.24) is 24.5 Å². The van der Waals surface area contributed by atoms with Gasteiger partial charge in [0.15, 0.2) is 11.0 Å². The lowest BCUT2D eigenvalue weighted by molar-refractivity contribution is -0.116. The Morgan fingerprint density at radius 3 is 2.65 bits per heavy atom. The molecule has 20 heavy (non-hydrogen) atoms. The SMILES string of the molecule is Cc1nc(Cl)c(Cl)n1CC(=O)Nc1cn(C(C)C)nn1. The van der Waals surface area contributed by atoms with Crippen LogP contribution in [0.1, 0.15) is 25.7 Å². The molecule has 0 atom stereocenters. The molecular formula is C11H14Cl2N6O. The first-order valence-electron chi connectivity index (χ1n) is 5.98. The second-order valence-corrected chi connectivity index (χ2v) is 5.27. The summed E-state index contributed by atoms with van der Waals surface area (Å²) in [5, 5.41) is 10.8. The van der Waals surface area contributed by atoms with Crippen LogP contribution in [-0.4, -0.2) is 30.5 Å². The van der Waals surface area contributed by atoms with E-state index in [1.807, 2.05) is 13.8 Å². The van der Waals surface area contributed by atoms with Gasteiger partial charge in [-0.2, -0.15) is 0 Å². The van der Waals surface area contributed by atoms with Crippen LogP contribution in [0.3, 0.4) is 0 Å². The van der Waals surface area contributed by atoms with E-state index >= 15 is 0 Å². The molecule has 0 unspecified atom stereocenters. The van der Waals surface area contributed by atoms with Crippen LogP contribution >= 0.6 is 23.2 Å². The molecule has 0 radical (unpaired) electrons. The minimum absolute atomic E-state index is 0.0128. The van der Waals surface area contributed by atoms with E-state index < -0.39 is 0 Å². The number of nitrogens with zero attached hydrogens (tertiary/aromatic N) is 5. The van der Waals surface area contributed by atoms with E-state index in [1.54, 1.807) is 17.8 Å². The van der Waals surface area contributed by atoms with Crippen LogP contribution in [0.5, 0.6) is 0 Å². The summed E-state index contributed by atoms with van der Waals surface area (Å²) < 4.78 is 3.17. The lowest BCUT2D eigenvalue weighted by Crippen LogP contribution is -2.19. The lowest BCUT2D eigenvalue weighted by Gasteiger charge is -2.06. The Kier molecular flexibility index (Phi) is 4.29. The van der Waals surface area contributed by atoms with Gasteiger partial charge in [-0.25, -0.2) is 9.67 Å².